The molecule has 1 N–H and O–H groups in total. The number of rotatable bonds is 14. The average Bonchev–Trinajstić information content (AvgIpc) is 1.93. The van der Waals surface area contributed by atoms with E-state index < -0.39 is 35.3 Å². The molecule has 0 amide bonds. The largest absolute Gasteiger partial charge is 0.479 e. The van der Waals surface area contributed by atoms with E-state index >= 15 is 0 Å². The normalized spacial score (nSPS) is 15.1. The third-order valence-electron chi connectivity index (χ3n) is 15.8. The molecule has 10 aromatic rings. The van der Waals surface area contributed by atoms with Crippen LogP contribution >= 0.6 is 45.9 Å². The SMILES string of the molecule is CCN1CC(c2nn(C)c3ccc(-c4nc5cc(C)c([C@H](OC(C)(C)C)C(=O)O)c(-c6ccc(Cl)cc6)c5s4)cc23)C1.CCOC(=O)[C@@H](OC(C)(C)C)c1c(C)cc2nc(-c3ccc4c(c3)c(C3CCC3)nn4C)sc2c1-c1ccc(Cl)cc1. The van der Waals surface area contributed by atoms with Gasteiger partial charge in [-0.05, 0) is 177 Å². The molecule has 6 aromatic carbocycles. The number of benzene rings is 6. The Bertz CT molecular complexity index is 4140. The van der Waals surface area contributed by atoms with Gasteiger partial charge < -0.3 is 24.2 Å². The summed E-state index contributed by atoms with van der Waals surface area (Å²) in [6, 6.07) is 32.3. The molecule has 0 spiro atoms. The van der Waals surface area contributed by atoms with Crippen LogP contribution in [0.15, 0.2) is 97.1 Å². The highest BCUT2D eigenvalue weighted by Gasteiger charge is 2.36. The van der Waals surface area contributed by atoms with Crippen LogP contribution < -0.4 is 0 Å². The highest BCUT2D eigenvalue weighted by Crippen LogP contribution is 2.48. The molecule has 0 radical (unpaired) electrons. The third-order valence-corrected chi connectivity index (χ3v) is 18.6. The maximum atomic E-state index is 13.4. The first-order valence-electron chi connectivity index (χ1n) is 28.8. The molecule has 0 unspecified atom stereocenters. The summed E-state index contributed by atoms with van der Waals surface area (Å²) in [5.74, 6) is -0.472. The maximum absolute atomic E-state index is 13.4. The number of halogens is 2. The lowest BCUT2D eigenvalue weighted by Crippen LogP contribution is -2.44. The van der Waals surface area contributed by atoms with Crippen LogP contribution in [0.5, 0.6) is 0 Å². The number of nitrogens with zero attached hydrogens (tertiary/aromatic N) is 7. The van der Waals surface area contributed by atoms with Crippen LogP contribution in [0.2, 0.25) is 10.0 Å². The second-order valence-electron chi connectivity index (χ2n) is 24.2. The molecule has 2 aliphatic rings. The Morgan fingerprint density at radius 2 is 1.06 bits per heavy atom. The number of carboxylic acids is 1. The van der Waals surface area contributed by atoms with E-state index in [0.29, 0.717) is 27.4 Å². The number of esters is 1. The molecule has 5 heterocycles. The van der Waals surface area contributed by atoms with Crippen molar-refractivity contribution >= 4 is 100 Å². The van der Waals surface area contributed by atoms with Crippen molar-refractivity contribution < 1.29 is 28.9 Å². The number of carboxylic acid groups (broad SMARTS) is 1. The van der Waals surface area contributed by atoms with Gasteiger partial charge in [-0.3, -0.25) is 9.36 Å². The Balaban J connectivity index is 0.000000175. The fourth-order valence-corrected chi connectivity index (χ4v) is 14.2. The number of carbonyl (C=O) groups excluding carboxylic acids is 1. The van der Waals surface area contributed by atoms with Crippen molar-refractivity contribution in [3.63, 3.8) is 0 Å². The van der Waals surface area contributed by atoms with Gasteiger partial charge in [-0.1, -0.05) is 60.8 Å². The van der Waals surface area contributed by atoms with Crippen molar-refractivity contribution in [3.05, 3.63) is 141 Å². The van der Waals surface area contributed by atoms with Crippen LogP contribution in [0.3, 0.4) is 0 Å². The van der Waals surface area contributed by atoms with Gasteiger partial charge in [-0.25, -0.2) is 19.6 Å². The second-order valence-corrected chi connectivity index (χ2v) is 27.1. The van der Waals surface area contributed by atoms with Gasteiger partial charge in [0, 0.05) is 93.2 Å². The number of aromatic nitrogens is 6. The standard InChI is InChI=1S/C34H36ClN3O3S.C33H35ClN4O3S/c1-7-40-33(39)30(41-34(3,4)5)27-19(2)17-25-31(28(27)20-11-14-23(35)15-12-20)42-32(36-25)22-13-16-26-24(18-22)29(37-38(26)6)21-9-8-10-21;1-7-38-16-21(17-38)28-23-15-20(10-13-25(23)37(6)36-28)31-35-24-14-18(2)26(29(32(39)40)41-33(3,4)5)27(30(24)42-31)19-8-11-22(34)12-9-19/h11-18,21,30H,7-10H2,1-6H3;8-15,21,29H,7,16-17H2,1-6H3,(H,39,40)/t30-;29-/m00/s1. The molecule has 1 aliphatic heterocycles. The van der Waals surface area contributed by atoms with Gasteiger partial charge in [0.2, 0.25) is 0 Å². The number of aryl methyl sites for hydroxylation is 4. The Morgan fingerprint density at radius 3 is 1.46 bits per heavy atom. The van der Waals surface area contributed by atoms with Crippen molar-refractivity contribution in [1.82, 2.24) is 34.4 Å². The van der Waals surface area contributed by atoms with Gasteiger partial charge in [-0.2, -0.15) is 10.2 Å². The summed E-state index contributed by atoms with van der Waals surface area (Å²) in [7, 11) is 4.02. The highest BCUT2D eigenvalue weighted by atomic mass is 35.5. The van der Waals surface area contributed by atoms with Crippen molar-refractivity contribution in [2.45, 2.75) is 124 Å². The zero-order valence-corrected chi connectivity index (χ0v) is 52.8. The van der Waals surface area contributed by atoms with Gasteiger partial charge in [0.1, 0.15) is 10.0 Å². The number of hydrogen-bond donors (Lipinski definition) is 1. The minimum atomic E-state index is -1.15. The van der Waals surface area contributed by atoms with Gasteiger partial charge >= 0.3 is 11.9 Å². The first-order chi connectivity index (χ1) is 40.0. The van der Waals surface area contributed by atoms with E-state index in [1.165, 1.54) is 30.3 Å². The molecule has 2 atom stereocenters. The Labute approximate surface area is 508 Å². The molecular formula is C67H71Cl2N7O6S2. The lowest BCUT2D eigenvalue weighted by atomic mass is 9.82. The zero-order chi connectivity index (χ0) is 59.7. The second kappa shape index (κ2) is 23.4. The summed E-state index contributed by atoms with van der Waals surface area (Å²) in [5.41, 5.74) is 13.8. The number of thiazole rings is 2. The Morgan fingerprint density at radius 1 is 0.631 bits per heavy atom. The molecule has 1 aliphatic carbocycles. The minimum absolute atomic E-state index is 0.269. The quantitative estimate of drug-likeness (QED) is 0.104. The highest BCUT2D eigenvalue weighted by molar-refractivity contribution is 7.22. The topological polar surface area (TPSA) is 147 Å². The van der Waals surface area contributed by atoms with E-state index in [0.717, 1.165) is 122 Å². The third kappa shape index (κ3) is 11.8. The van der Waals surface area contributed by atoms with Crippen molar-refractivity contribution in [2.75, 3.05) is 26.2 Å². The zero-order valence-electron chi connectivity index (χ0n) is 49.7. The summed E-state index contributed by atoms with van der Waals surface area (Å²) in [6.45, 7) is 22.8. The Kier molecular flexibility index (Phi) is 16.5. The van der Waals surface area contributed by atoms with Crippen LogP contribution in [0.4, 0.5) is 0 Å². The molecule has 0 bridgehead atoms. The number of ether oxygens (including phenoxy) is 3. The summed E-state index contributed by atoms with van der Waals surface area (Å²) < 4.78 is 24.0. The predicted molar refractivity (Wildman–Crippen MR) is 342 cm³/mol. The number of fused-ring (bicyclic) bond motifs is 4. The molecule has 17 heteroatoms. The summed E-state index contributed by atoms with van der Waals surface area (Å²) in [5, 5.41) is 25.6. The van der Waals surface area contributed by atoms with Crippen LogP contribution in [0.1, 0.15) is 132 Å². The fourth-order valence-electron chi connectivity index (χ4n) is 11.7. The fraction of sp³-hybridized carbons (Fsp3) is 0.373. The lowest BCUT2D eigenvalue weighted by molar-refractivity contribution is -0.166. The van der Waals surface area contributed by atoms with Gasteiger partial charge in [0.05, 0.1) is 60.7 Å². The van der Waals surface area contributed by atoms with E-state index in [9.17, 15) is 14.7 Å². The van der Waals surface area contributed by atoms with Crippen LogP contribution in [-0.4, -0.2) is 88.9 Å². The van der Waals surface area contributed by atoms with E-state index in [2.05, 4.69) is 54.3 Å². The predicted octanol–water partition coefficient (Wildman–Crippen LogP) is 17.0. The van der Waals surface area contributed by atoms with Gasteiger partial charge in [0.15, 0.2) is 12.2 Å². The molecule has 2 fully saturated rings. The maximum Gasteiger partial charge on any atom is 0.339 e. The van der Waals surface area contributed by atoms with Crippen molar-refractivity contribution in [2.24, 2.45) is 14.1 Å². The lowest BCUT2D eigenvalue weighted by Gasteiger charge is -2.37. The van der Waals surface area contributed by atoms with E-state index in [4.69, 9.17) is 57.6 Å². The number of carbonyl (C=O) groups is 2. The van der Waals surface area contributed by atoms with Crippen LogP contribution in [-0.2, 0) is 37.9 Å². The molecule has 13 nitrogen and oxygen atoms in total. The number of likely N-dealkylation sites (tertiary alicyclic amines) is 1. The molecule has 1 saturated carbocycles. The Hall–Kier alpha value is -6.56. The van der Waals surface area contributed by atoms with Crippen LogP contribution in [0, 0.1) is 13.8 Å². The van der Waals surface area contributed by atoms with E-state index in [1.54, 1.807) is 22.7 Å². The van der Waals surface area contributed by atoms with E-state index in [-0.39, 0.29) is 6.61 Å². The molecule has 4 aromatic heterocycles. The van der Waals surface area contributed by atoms with Crippen molar-refractivity contribution in [1.29, 1.82) is 0 Å². The average molecular weight is 1210 g/mol. The molecule has 84 heavy (non-hydrogen) atoms. The van der Waals surface area contributed by atoms with Crippen LogP contribution in [0.25, 0.3) is 85.6 Å². The smallest absolute Gasteiger partial charge is 0.339 e. The van der Waals surface area contributed by atoms with Gasteiger partial charge in [-0.15, -0.1) is 22.7 Å². The number of likely N-dealkylation sites (N-methyl/N-ethyl adjacent to an activating group) is 1. The number of hydrogen-bond acceptors (Lipinski definition) is 12. The number of aliphatic carboxylic acids is 1. The summed E-state index contributed by atoms with van der Waals surface area (Å²) in [4.78, 5) is 38.7. The van der Waals surface area contributed by atoms with Gasteiger partial charge in [0.25, 0.3) is 0 Å². The summed E-state index contributed by atoms with van der Waals surface area (Å²) in [6.07, 6.45) is 1.61. The minimum Gasteiger partial charge on any atom is -0.479 e. The summed E-state index contributed by atoms with van der Waals surface area (Å²) >= 11 is 15.7. The monoisotopic (exact) mass is 1200 g/mol. The molecular weight excluding hydrogens is 1130 g/mol. The van der Waals surface area contributed by atoms with Crippen molar-refractivity contribution in [3.8, 4) is 43.4 Å². The van der Waals surface area contributed by atoms with E-state index in [1.807, 2.05) is 140 Å². The molecule has 436 valence electrons. The first-order valence-corrected chi connectivity index (χ1v) is 31.2. The first kappa shape index (κ1) is 59.2. The molecule has 1 saturated heterocycles. The molecule has 12 rings (SSSR count).